The standard InChI is InChI=1S/C21H26Cl2N6O3/c1-12(8-26-21(27-11-24)29-6-4-15(10-29)32-13(2)30)28-20(31)18-17(22)7-14-9-25-5-3-16(14)19(18)23/h7,12,15,25H,3-6,8-10H2,1-2H3,(H,26,27)(H,28,31)/t12-,15+/m1/s1. The van der Waals surface area contributed by atoms with Crippen molar-refractivity contribution in [3.8, 4) is 6.19 Å². The third-order valence-corrected chi connectivity index (χ3v) is 6.10. The van der Waals surface area contributed by atoms with Gasteiger partial charge in [-0.2, -0.15) is 5.26 Å². The molecule has 32 heavy (non-hydrogen) atoms. The molecule has 1 aromatic rings. The van der Waals surface area contributed by atoms with E-state index >= 15 is 0 Å². The lowest BCUT2D eigenvalue weighted by Crippen LogP contribution is -2.47. The van der Waals surface area contributed by atoms with Crippen molar-refractivity contribution >= 4 is 41.0 Å². The Morgan fingerprint density at radius 2 is 2.25 bits per heavy atom. The minimum Gasteiger partial charge on any atom is -0.461 e. The molecule has 172 valence electrons. The summed E-state index contributed by atoms with van der Waals surface area (Å²) < 4.78 is 5.23. The molecule has 0 radical (unpaired) electrons. The summed E-state index contributed by atoms with van der Waals surface area (Å²) in [6, 6.07) is 1.49. The molecule has 0 unspecified atom stereocenters. The Hall–Kier alpha value is -2.54. The molecule has 2 aliphatic rings. The Labute approximate surface area is 197 Å². The number of nitrogens with one attached hydrogen (secondary N) is 3. The zero-order valence-corrected chi connectivity index (χ0v) is 19.5. The SMILES string of the molecule is CC(=O)O[C@H]1CCN(/C(=N/C#N)NC[C@@H](C)NC(=O)c2c(Cl)cc3c(c2Cl)CCNC3)C1. The number of nitrogens with zero attached hydrogens (tertiary/aromatic N) is 3. The Morgan fingerprint density at radius 1 is 1.47 bits per heavy atom. The first-order valence-electron chi connectivity index (χ1n) is 10.4. The quantitative estimate of drug-likeness (QED) is 0.254. The van der Waals surface area contributed by atoms with Gasteiger partial charge in [-0.25, -0.2) is 0 Å². The molecule has 3 N–H and O–H groups in total. The summed E-state index contributed by atoms with van der Waals surface area (Å²) >= 11 is 12.9. The number of rotatable bonds is 5. The zero-order chi connectivity index (χ0) is 23.3. The number of hydrogen-bond acceptors (Lipinski definition) is 6. The van der Waals surface area contributed by atoms with Gasteiger partial charge in [-0.15, -0.1) is 4.99 Å². The largest absolute Gasteiger partial charge is 0.461 e. The fraction of sp³-hybridized carbons (Fsp3) is 0.524. The van der Waals surface area contributed by atoms with Gasteiger partial charge in [-0.3, -0.25) is 9.59 Å². The van der Waals surface area contributed by atoms with Crippen LogP contribution in [0.25, 0.3) is 0 Å². The molecule has 0 bridgehead atoms. The first-order valence-corrected chi connectivity index (χ1v) is 11.2. The van der Waals surface area contributed by atoms with Crippen LogP contribution in [0.2, 0.25) is 10.0 Å². The molecule has 0 aromatic heterocycles. The number of aliphatic imine (C=N–C) groups is 1. The molecule has 1 amide bonds. The van der Waals surface area contributed by atoms with Crippen molar-refractivity contribution in [2.24, 2.45) is 4.99 Å². The van der Waals surface area contributed by atoms with Crippen LogP contribution in [-0.2, 0) is 22.5 Å². The topological polar surface area (TPSA) is 119 Å². The number of fused-ring (bicyclic) bond motifs is 1. The van der Waals surface area contributed by atoms with Crippen LogP contribution in [0.4, 0.5) is 0 Å². The van der Waals surface area contributed by atoms with E-state index in [0.717, 1.165) is 24.1 Å². The highest BCUT2D eigenvalue weighted by atomic mass is 35.5. The average molecular weight is 481 g/mol. The van der Waals surface area contributed by atoms with Gasteiger partial charge in [0.25, 0.3) is 5.91 Å². The van der Waals surface area contributed by atoms with Gasteiger partial charge in [0.05, 0.1) is 22.2 Å². The van der Waals surface area contributed by atoms with Gasteiger partial charge in [-0.1, -0.05) is 23.2 Å². The van der Waals surface area contributed by atoms with Crippen molar-refractivity contribution < 1.29 is 14.3 Å². The summed E-state index contributed by atoms with van der Waals surface area (Å²) in [5.74, 6) is -0.318. The van der Waals surface area contributed by atoms with E-state index in [9.17, 15) is 9.59 Å². The summed E-state index contributed by atoms with van der Waals surface area (Å²) in [6.45, 7) is 6.03. The van der Waals surface area contributed by atoms with E-state index in [1.54, 1.807) is 12.3 Å². The molecule has 3 rings (SSSR count). The lowest BCUT2D eigenvalue weighted by Gasteiger charge is -2.24. The van der Waals surface area contributed by atoms with Gasteiger partial charge in [0.2, 0.25) is 12.2 Å². The average Bonchev–Trinajstić information content (AvgIpc) is 3.18. The number of hydrogen-bond donors (Lipinski definition) is 3. The maximum absolute atomic E-state index is 12.9. The molecule has 2 heterocycles. The molecule has 1 saturated heterocycles. The van der Waals surface area contributed by atoms with Crippen LogP contribution >= 0.6 is 23.2 Å². The Kier molecular flexibility index (Phi) is 8.18. The number of ether oxygens (including phenoxy) is 1. The second kappa shape index (κ2) is 10.9. The Bertz CT molecular complexity index is 962. The summed E-state index contributed by atoms with van der Waals surface area (Å²) in [4.78, 5) is 29.7. The van der Waals surface area contributed by atoms with Crippen LogP contribution in [0.15, 0.2) is 11.1 Å². The van der Waals surface area contributed by atoms with Gasteiger partial charge >= 0.3 is 5.97 Å². The number of likely N-dealkylation sites (tertiary alicyclic amines) is 1. The molecule has 0 aliphatic carbocycles. The van der Waals surface area contributed by atoms with Crippen molar-refractivity contribution in [1.29, 1.82) is 5.26 Å². The molecule has 9 nitrogen and oxygen atoms in total. The predicted octanol–water partition coefficient (Wildman–Crippen LogP) is 1.82. The first-order chi connectivity index (χ1) is 15.3. The predicted molar refractivity (Wildman–Crippen MR) is 122 cm³/mol. The van der Waals surface area contributed by atoms with Crippen LogP contribution in [0.3, 0.4) is 0 Å². The highest BCUT2D eigenvalue weighted by molar-refractivity contribution is 6.40. The van der Waals surface area contributed by atoms with Gasteiger partial charge in [0.1, 0.15) is 6.10 Å². The van der Waals surface area contributed by atoms with Crippen LogP contribution in [-0.4, -0.2) is 61.1 Å². The fourth-order valence-electron chi connectivity index (χ4n) is 3.89. The molecule has 11 heteroatoms. The van der Waals surface area contributed by atoms with Gasteiger partial charge in [0.15, 0.2) is 0 Å². The normalized spacial score (nSPS) is 19.0. The van der Waals surface area contributed by atoms with E-state index in [2.05, 4.69) is 20.9 Å². The van der Waals surface area contributed by atoms with Gasteiger partial charge in [-0.05, 0) is 37.1 Å². The highest BCUT2D eigenvalue weighted by Crippen LogP contribution is 2.33. The smallest absolute Gasteiger partial charge is 0.302 e. The van der Waals surface area contributed by atoms with E-state index in [-0.39, 0.29) is 29.6 Å². The molecule has 0 spiro atoms. The molecule has 2 aliphatic heterocycles. The monoisotopic (exact) mass is 480 g/mol. The number of nitriles is 1. The van der Waals surface area contributed by atoms with Gasteiger partial charge in [0, 0.05) is 39.0 Å². The third-order valence-electron chi connectivity index (χ3n) is 5.38. The lowest BCUT2D eigenvalue weighted by atomic mass is 9.97. The van der Waals surface area contributed by atoms with Crippen LogP contribution in [0, 0.1) is 11.5 Å². The third kappa shape index (κ3) is 5.82. The maximum atomic E-state index is 12.9. The summed E-state index contributed by atoms with van der Waals surface area (Å²) in [5, 5.41) is 19.0. The summed E-state index contributed by atoms with van der Waals surface area (Å²) in [5.41, 5.74) is 2.23. The van der Waals surface area contributed by atoms with Crippen molar-refractivity contribution in [3.05, 3.63) is 32.8 Å². The number of halogens is 2. The van der Waals surface area contributed by atoms with Crippen LogP contribution < -0.4 is 16.0 Å². The Morgan fingerprint density at radius 3 is 2.97 bits per heavy atom. The van der Waals surface area contributed by atoms with E-state index < -0.39 is 0 Å². The fourth-order valence-corrected chi connectivity index (χ4v) is 4.66. The number of guanidine groups is 1. The zero-order valence-electron chi connectivity index (χ0n) is 18.0. The van der Waals surface area contributed by atoms with Crippen molar-refractivity contribution in [3.63, 3.8) is 0 Å². The molecule has 0 saturated carbocycles. The minimum absolute atomic E-state index is 0.237. The van der Waals surface area contributed by atoms with Crippen LogP contribution in [0.5, 0.6) is 0 Å². The molecular formula is C21H26Cl2N6O3. The van der Waals surface area contributed by atoms with Crippen molar-refractivity contribution in [2.45, 2.75) is 45.4 Å². The van der Waals surface area contributed by atoms with E-state index in [4.69, 9.17) is 33.2 Å². The minimum atomic E-state index is -0.356. The van der Waals surface area contributed by atoms with Crippen LogP contribution in [0.1, 0.15) is 41.8 Å². The number of amides is 1. The van der Waals surface area contributed by atoms with E-state index in [1.807, 2.05) is 11.8 Å². The number of carbonyl (C=O) groups excluding carboxylic acids is 2. The van der Waals surface area contributed by atoms with E-state index in [1.165, 1.54) is 6.92 Å². The molecule has 2 atom stereocenters. The molecular weight excluding hydrogens is 455 g/mol. The summed E-state index contributed by atoms with van der Waals surface area (Å²) in [7, 11) is 0. The first kappa shape index (κ1) is 24.1. The van der Waals surface area contributed by atoms with E-state index in [0.29, 0.717) is 48.6 Å². The summed E-state index contributed by atoms with van der Waals surface area (Å²) in [6.07, 6.45) is 2.94. The second-order valence-corrected chi connectivity index (χ2v) is 8.65. The number of carbonyl (C=O) groups is 2. The highest BCUT2D eigenvalue weighted by Gasteiger charge is 2.28. The molecule has 1 fully saturated rings. The maximum Gasteiger partial charge on any atom is 0.302 e. The van der Waals surface area contributed by atoms with Crippen molar-refractivity contribution in [2.75, 3.05) is 26.2 Å². The number of esters is 1. The van der Waals surface area contributed by atoms with Crippen molar-refractivity contribution in [1.82, 2.24) is 20.9 Å². The Balaban J connectivity index is 1.60. The lowest BCUT2D eigenvalue weighted by molar-refractivity contribution is -0.145. The second-order valence-electron chi connectivity index (χ2n) is 7.87. The van der Waals surface area contributed by atoms with Gasteiger partial charge < -0.3 is 25.6 Å². The molecule has 1 aromatic carbocycles. The number of benzene rings is 1.